The molecule has 146 valence electrons. The number of anilines is 1. The number of ether oxygens (including phenoxy) is 1. The minimum atomic E-state index is -0.158. The Hall–Kier alpha value is -3.34. The summed E-state index contributed by atoms with van der Waals surface area (Å²) in [6.45, 7) is 2.74. The first kappa shape index (κ1) is 19.4. The number of aryl methyl sites for hydroxylation is 1. The quantitative estimate of drug-likeness (QED) is 0.821. The van der Waals surface area contributed by atoms with Crippen molar-refractivity contribution in [2.24, 2.45) is 5.92 Å². The SMILES string of the molecule is Cc1cc(NC(=O)C2CCN(C(=O)COc3ccc(CC#N)cc3)CC2)no1. The maximum absolute atomic E-state index is 12.3. The van der Waals surface area contributed by atoms with Crippen molar-refractivity contribution >= 4 is 17.6 Å². The van der Waals surface area contributed by atoms with E-state index >= 15 is 0 Å². The predicted molar refractivity (Wildman–Crippen MR) is 100 cm³/mol. The summed E-state index contributed by atoms with van der Waals surface area (Å²) in [6, 6.07) is 10.9. The van der Waals surface area contributed by atoms with Crippen LogP contribution in [0.3, 0.4) is 0 Å². The lowest BCUT2D eigenvalue weighted by Crippen LogP contribution is -2.43. The molecule has 0 unspecified atom stereocenters. The summed E-state index contributed by atoms with van der Waals surface area (Å²) in [6.07, 6.45) is 1.53. The molecule has 3 rings (SSSR count). The molecule has 1 fully saturated rings. The first-order valence-electron chi connectivity index (χ1n) is 9.16. The smallest absolute Gasteiger partial charge is 0.260 e. The first-order chi connectivity index (χ1) is 13.5. The van der Waals surface area contributed by atoms with E-state index in [1.807, 2.05) is 12.1 Å². The van der Waals surface area contributed by atoms with E-state index in [0.717, 1.165) is 5.56 Å². The standard InChI is InChI=1S/C20H22N4O4/c1-14-12-18(23-28-14)22-20(26)16-7-10-24(11-8-16)19(25)13-27-17-4-2-15(3-5-17)6-9-21/h2-5,12,16H,6-8,10-11,13H2,1H3,(H,22,23,26). The van der Waals surface area contributed by atoms with Gasteiger partial charge in [0.2, 0.25) is 5.91 Å². The van der Waals surface area contributed by atoms with E-state index in [1.54, 1.807) is 30.0 Å². The van der Waals surface area contributed by atoms with Gasteiger partial charge in [0.1, 0.15) is 11.5 Å². The molecule has 1 N–H and O–H groups in total. The molecule has 2 aromatic rings. The number of hydrogen-bond acceptors (Lipinski definition) is 6. The van der Waals surface area contributed by atoms with E-state index in [9.17, 15) is 9.59 Å². The fraction of sp³-hybridized carbons (Fsp3) is 0.400. The largest absolute Gasteiger partial charge is 0.484 e. The molecule has 1 aliphatic heterocycles. The van der Waals surface area contributed by atoms with Crippen molar-refractivity contribution < 1.29 is 18.8 Å². The van der Waals surface area contributed by atoms with Gasteiger partial charge in [-0.2, -0.15) is 5.26 Å². The highest BCUT2D eigenvalue weighted by Crippen LogP contribution is 2.20. The van der Waals surface area contributed by atoms with Gasteiger partial charge in [0.15, 0.2) is 12.4 Å². The molecule has 8 nitrogen and oxygen atoms in total. The van der Waals surface area contributed by atoms with Crippen molar-refractivity contribution in [3.05, 3.63) is 41.7 Å². The maximum atomic E-state index is 12.3. The Morgan fingerprint density at radius 1 is 1.32 bits per heavy atom. The molecular weight excluding hydrogens is 360 g/mol. The second-order valence-electron chi connectivity index (χ2n) is 6.73. The van der Waals surface area contributed by atoms with Gasteiger partial charge in [-0.05, 0) is 37.5 Å². The number of likely N-dealkylation sites (tertiary alicyclic amines) is 1. The van der Waals surface area contributed by atoms with Crippen LogP contribution in [0.15, 0.2) is 34.9 Å². The number of amides is 2. The summed E-state index contributed by atoms with van der Waals surface area (Å²) in [7, 11) is 0. The molecule has 0 saturated carbocycles. The third-order valence-electron chi connectivity index (χ3n) is 4.67. The molecule has 0 bridgehead atoms. The molecule has 1 aromatic carbocycles. The summed E-state index contributed by atoms with van der Waals surface area (Å²) >= 11 is 0. The highest BCUT2D eigenvalue weighted by molar-refractivity contribution is 5.91. The van der Waals surface area contributed by atoms with E-state index in [-0.39, 0.29) is 24.3 Å². The van der Waals surface area contributed by atoms with E-state index < -0.39 is 0 Å². The Kier molecular flexibility index (Phi) is 6.27. The number of rotatable bonds is 6. The van der Waals surface area contributed by atoms with Crippen molar-refractivity contribution in [3.8, 4) is 11.8 Å². The van der Waals surface area contributed by atoms with Gasteiger partial charge in [-0.25, -0.2) is 0 Å². The minimum Gasteiger partial charge on any atom is -0.484 e. The van der Waals surface area contributed by atoms with Crippen molar-refractivity contribution in [3.63, 3.8) is 0 Å². The predicted octanol–water partition coefficient (Wildman–Crippen LogP) is 2.31. The number of piperidine rings is 1. The highest BCUT2D eigenvalue weighted by Gasteiger charge is 2.28. The topological polar surface area (TPSA) is 108 Å². The fourth-order valence-electron chi connectivity index (χ4n) is 3.08. The monoisotopic (exact) mass is 382 g/mol. The Morgan fingerprint density at radius 3 is 2.64 bits per heavy atom. The van der Waals surface area contributed by atoms with Crippen LogP contribution in [0.4, 0.5) is 5.82 Å². The van der Waals surface area contributed by atoms with Crippen LogP contribution < -0.4 is 10.1 Å². The lowest BCUT2D eigenvalue weighted by atomic mass is 9.96. The molecule has 1 saturated heterocycles. The molecule has 28 heavy (non-hydrogen) atoms. The van der Waals surface area contributed by atoms with E-state index in [0.29, 0.717) is 49.7 Å². The molecule has 1 aliphatic rings. The average Bonchev–Trinajstić information content (AvgIpc) is 3.12. The Morgan fingerprint density at radius 2 is 2.04 bits per heavy atom. The minimum absolute atomic E-state index is 0.0489. The normalized spacial score (nSPS) is 14.4. The molecule has 8 heteroatoms. The Balaban J connectivity index is 1.42. The summed E-state index contributed by atoms with van der Waals surface area (Å²) in [5, 5.41) is 15.2. The number of nitrogens with zero attached hydrogens (tertiary/aromatic N) is 3. The van der Waals surface area contributed by atoms with Gasteiger partial charge in [-0.3, -0.25) is 9.59 Å². The number of hydrogen-bond donors (Lipinski definition) is 1. The van der Waals surface area contributed by atoms with Crippen LogP contribution in [0.5, 0.6) is 5.75 Å². The zero-order valence-corrected chi connectivity index (χ0v) is 15.7. The second-order valence-corrected chi connectivity index (χ2v) is 6.73. The third-order valence-corrected chi connectivity index (χ3v) is 4.67. The summed E-state index contributed by atoms with van der Waals surface area (Å²) < 4.78 is 10.5. The van der Waals surface area contributed by atoms with Crippen LogP contribution >= 0.6 is 0 Å². The number of carbonyl (C=O) groups is 2. The van der Waals surface area contributed by atoms with E-state index in [4.69, 9.17) is 14.5 Å². The van der Waals surface area contributed by atoms with Crippen LogP contribution in [-0.2, 0) is 16.0 Å². The van der Waals surface area contributed by atoms with Crippen LogP contribution in [0, 0.1) is 24.2 Å². The van der Waals surface area contributed by atoms with Gasteiger partial charge in [-0.1, -0.05) is 17.3 Å². The molecule has 2 amide bonds. The van der Waals surface area contributed by atoms with Gasteiger partial charge in [0.25, 0.3) is 5.91 Å². The van der Waals surface area contributed by atoms with Gasteiger partial charge in [0, 0.05) is 25.1 Å². The first-order valence-corrected chi connectivity index (χ1v) is 9.16. The van der Waals surface area contributed by atoms with Crippen LogP contribution in [-0.4, -0.2) is 41.6 Å². The molecule has 0 aliphatic carbocycles. The molecule has 2 heterocycles. The van der Waals surface area contributed by atoms with Crippen LogP contribution in [0.25, 0.3) is 0 Å². The van der Waals surface area contributed by atoms with E-state index in [1.165, 1.54) is 0 Å². The lowest BCUT2D eigenvalue weighted by Gasteiger charge is -2.31. The zero-order valence-electron chi connectivity index (χ0n) is 15.7. The summed E-state index contributed by atoms with van der Waals surface area (Å²) in [5.74, 6) is 1.27. The van der Waals surface area contributed by atoms with Crippen molar-refractivity contribution in [1.29, 1.82) is 5.26 Å². The fourth-order valence-corrected chi connectivity index (χ4v) is 3.08. The molecule has 1 aromatic heterocycles. The third kappa shape index (κ3) is 5.10. The zero-order chi connectivity index (χ0) is 19.9. The maximum Gasteiger partial charge on any atom is 0.260 e. The number of benzene rings is 1. The Bertz CT molecular complexity index is 861. The molecule has 0 spiro atoms. The van der Waals surface area contributed by atoms with Gasteiger partial charge in [0.05, 0.1) is 12.5 Å². The van der Waals surface area contributed by atoms with Crippen molar-refractivity contribution in [2.45, 2.75) is 26.2 Å². The summed E-state index contributed by atoms with van der Waals surface area (Å²) in [5.41, 5.74) is 0.905. The molecular formula is C20H22N4O4. The number of nitriles is 1. The highest BCUT2D eigenvalue weighted by atomic mass is 16.5. The van der Waals surface area contributed by atoms with Crippen LogP contribution in [0.2, 0.25) is 0 Å². The van der Waals surface area contributed by atoms with Crippen LogP contribution in [0.1, 0.15) is 24.2 Å². The lowest BCUT2D eigenvalue weighted by molar-refractivity contribution is -0.136. The number of nitrogens with one attached hydrogen (secondary N) is 1. The second kappa shape index (κ2) is 9.04. The van der Waals surface area contributed by atoms with Gasteiger partial charge >= 0.3 is 0 Å². The Labute approximate surface area is 163 Å². The van der Waals surface area contributed by atoms with Gasteiger partial charge < -0.3 is 19.5 Å². The number of aromatic nitrogens is 1. The van der Waals surface area contributed by atoms with Crippen molar-refractivity contribution in [2.75, 3.05) is 25.0 Å². The molecule has 0 atom stereocenters. The van der Waals surface area contributed by atoms with Gasteiger partial charge in [-0.15, -0.1) is 0 Å². The molecule has 0 radical (unpaired) electrons. The van der Waals surface area contributed by atoms with Crippen molar-refractivity contribution in [1.82, 2.24) is 10.1 Å². The number of carbonyl (C=O) groups excluding carboxylic acids is 2. The summed E-state index contributed by atoms with van der Waals surface area (Å²) in [4.78, 5) is 26.4. The van der Waals surface area contributed by atoms with E-state index in [2.05, 4.69) is 16.5 Å². The average molecular weight is 382 g/mol.